The molecule has 1 aromatic carbocycles. The summed E-state index contributed by atoms with van der Waals surface area (Å²) in [5, 5.41) is 47.0. The Hall–Kier alpha value is -3.58. The van der Waals surface area contributed by atoms with Gasteiger partial charge in [-0.3, -0.25) is 14.4 Å². The zero-order valence-electron chi connectivity index (χ0n) is 25.4. The lowest BCUT2D eigenvalue weighted by atomic mass is 9.39. The Kier molecular flexibility index (Phi) is 7.36. The van der Waals surface area contributed by atoms with Crippen molar-refractivity contribution in [3.63, 3.8) is 0 Å². The van der Waals surface area contributed by atoms with Crippen LogP contribution in [-0.4, -0.2) is 60.7 Å². The molecule has 0 radical (unpaired) electrons. The lowest BCUT2D eigenvalue weighted by Crippen LogP contribution is -2.79. The molecule has 6 N–H and O–H groups in total. The maximum Gasteiger partial charge on any atom is 0.230 e. The van der Waals surface area contributed by atoms with Crippen molar-refractivity contribution in [3.8, 4) is 17.6 Å². The molecule has 228 valence electrons. The summed E-state index contributed by atoms with van der Waals surface area (Å²) < 4.78 is 0. The Labute approximate surface area is 251 Å². The second-order valence-corrected chi connectivity index (χ2v) is 13.8. The van der Waals surface area contributed by atoms with Gasteiger partial charge < -0.3 is 26.2 Å². The highest BCUT2D eigenvalue weighted by Crippen LogP contribution is 2.66. The molecule has 8 atom stereocenters. The molecule has 0 bridgehead atoms. The predicted molar refractivity (Wildman–Crippen MR) is 158 cm³/mol. The van der Waals surface area contributed by atoms with Crippen LogP contribution in [0.1, 0.15) is 86.6 Å². The van der Waals surface area contributed by atoms with E-state index in [1.165, 1.54) is 0 Å². The average Bonchev–Trinajstić information content (AvgIpc) is 2.90. The van der Waals surface area contributed by atoms with Crippen LogP contribution in [0.4, 0.5) is 0 Å². The van der Waals surface area contributed by atoms with Crippen LogP contribution in [0.25, 0.3) is 0 Å². The number of phenols is 1. The number of amides is 1. The van der Waals surface area contributed by atoms with Gasteiger partial charge in [0.15, 0.2) is 17.2 Å². The van der Waals surface area contributed by atoms with Gasteiger partial charge in [-0.1, -0.05) is 53.5 Å². The zero-order chi connectivity index (χ0) is 31.8. The quantitative estimate of drug-likeness (QED) is 0.269. The summed E-state index contributed by atoms with van der Waals surface area (Å²) in [6.45, 7) is 11.1. The molecule has 0 aliphatic heterocycles. The number of pyridine rings is 1. The molecule has 43 heavy (non-hydrogen) atoms. The fourth-order valence-corrected chi connectivity index (χ4v) is 8.81. The maximum absolute atomic E-state index is 14.5. The van der Waals surface area contributed by atoms with E-state index < -0.39 is 63.9 Å². The van der Waals surface area contributed by atoms with Gasteiger partial charge in [-0.15, -0.1) is 0 Å². The molecular weight excluding hydrogens is 548 g/mol. The number of fused-ring (bicyclic) bond motifs is 3. The number of carbonyl (C=O) groups excluding carboxylic acids is 3. The molecule has 9 heteroatoms. The molecular formula is C34H40N2O7. The van der Waals surface area contributed by atoms with Crippen LogP contribution < -0.4 is 5.73 Å². The minimum Gasteiger partial charge on any atom is -0.506 e. The molecule has 3 aliphatic carbocycles. The average molecular weight is 589 g/mol. The van der Waals surface area contributed by atoms with Gasteiger partial charge in [-0.25, -0.2) is 4.98 Å². The van der Waals surface area contributed by atoms with Crippen molar-refractivity contribution >= 4 is 17.5 Å². The number of benzene rings is 1. The molecule has 9 nitrogen and oxygen atoms in total. The Balaban J connectivity index is 1.72. The van der Waals surface area contributed by atoms with Crippen molar-refractivity contribution in [2.45, 2.75) is 78.1 Å². The minimum absolute atomic E-state index is 0.0143. The van der Waals surface area contributed by atoms with E-state index in [1.54, 1.807) is 37.4 Å². The second-order valence-electron chi connectivity index (χ2n) is 13.8. The minimum atomic E-state index is -2.55. The van der Waals surface area contributed by atoms with Crippen LogP contribution in [0.2, 0.25) is 0 Å². The Morgan fingerprint density at radius 2 is 1.79 bits per heavy atom. The van der Waals surface area contributed by atoms with E-state index in [2.05, 4.69) is 16.8 Å². The number of nitrogens with zero attached hydrogens (tertiary/aromatic N) is 1. The van der Waals surface area contributed by atoms with Crippen LogP contribution in [0, 0.1) is 46.3 Å². The Morgan fingerprint density at radius 3 is 2.35 bits per heavy atom. The molecule has 0 spiro atoms. The van der Waals surface area contributed by atoms with E-state index in [1.807, 2.05) is 34.6 Å². The summed E-state index contributed by atoms with van der Waals surface area (Å²) in [5.74, 6) is -1.45. The Bertz CT molecular complexity index is 1570. The van der Waals surface area contributed by atoms with Crippen LogP contribution in [-0.2, 0) is 16.0 Å². The standard InChI is InChI=1S/C34H40N2O7/c1-16(2)20-13-18(10-11-19-9-7-8-12-36-19)26(37)22-21(20)14-32(5)15-33(6)24(17(3)4)28(39)23(31(35)42)29(40)34(33,43)30(41)25(32)27(22)38/h7-9,12-13,16-17,23-25,28,30,37,39,41,43H,14-15H2,1-6H3,(H2,35,42)/t23-,24+,25-,28?,30?,32-,33-,34+/m1/s1. The molecule has 2 unspecified atom stereocenters. The monoisotopic (exact) mass is 588 g/mol. The van der Waals surface area contributed by atoms with Crippen molar-refractivity contribution in [1.82, 2.24) is 4.98 Å². The number of hydrogen-bond acceptors (Lipinski definition) is 8. The van der Waals surface area contributed by atoms with E-state index in [0.717, 1.165) is 5.56 Å². The summed E-state index contributed by atoms with van der Waals surface area (Å²) in [6.07, 6.45) is -1.43. The van der Waals surface area contributed by atoms with Gasteiger partial charge >= 0.3 is 0 Å². The number of ketones is 2. The third kappa shape index (κ3) is 4.26. The normalized spacial score (nSPS) is 35.1. The number of carbonyl (C=O) groups is 3. The first-order chi connectivity index (χ1) is 20.0. The third-order valence-corrected chi connectivity index (χ3v) is 10.4. The van der Waals surface area contributed by atoms with Gasteiger partial charge in [0.05, 0.1) is 23.1 Å². The number of hydrogen-bond donors (Lipinski definition) is 5. The second kappa shape index (κ2) is 10.3. The maximum atomic E-state index is 14.5. The number of aliphatic hydroxyl groups is 3. The van der Waals surface area contributed by atoms with Crippen molar-refractivity contribution in [2.75, 3.05) is 0 Å². The number of aromatic nitrogens is 1. The van der Waals surface area contributed by atoms with Gasteiger partial charge in [-0.2, -0.15) is 0 Å². The highest BCUT2D eigenvalue weighted by Gasteiger charge is 2.76. The van der Waals surface area contributed by atoms with Gasteiger partial charge in [0.25, 0.3) is 0 Å². The van der Waals surface area contributed by atoms with Gasteiger partial charge in [0.1, 0.15) is 23.5 Å². The van der Waals surface area contributed by atoms with Crippen LogP contribution >= 0.6 is 0 Å². The zero-order valence-corrected chi connectivity index (χ0v) is 25.4. The third-order valence-electron chi connectivity index (χ3n) is 10.4. The van der Waals surface area contributed by atoms with Crippen LogP contribution in [0.3, 0.4) is 0 Å². The summed E-state index contributed by atoms with van der Waals surface area (Å²) in [4.78, 5) is 45.0. The van der Waals surface area contributed by atoms with Gasteiger partial charge in [0.2, 0.25) is 5.91 Å². The number of primary amides is 1. The predicted octanol–water partition coefficient (Wildman–Crippen LogP) is 2.49. The summed E-state index contributed by atoms with van der Waals surface area (Å²) >= 11 is 0. The Morgan fingerprint density at radius 1 is 1.12 bits per heavy atom. The summed E-state index contributed by atoms with van der Waals surface area (Å²) in [6, 6.07) is 7.05. The number of aliphatic hydroxyl groups excluding tert-OH is 2. The lowest BCUT2D eigenvalue weighted by Gasteiger charge is -2.66. The smallest absolute Gasteiger partial charge is 0.230 e. The number of rotatable bonds is 3. The molecule has 2 aromatic rings. The fraction of sp³-hybridized carbons (Fsp3) is 0.529. The SMILES string of the molecule is CC(C)c1cc(C#Cc2ccccn2)c(O)c2c1C[C@]1(C)C[C@]3(C)[C@@H](C(C)C)C(O)[C@@H](C(N)=O)C(=O)[C@]3(O)C(O)[C@H]1C2=O. The van der Waals surface area contributed by atoms with Gasteiger partial charge in [0, 0.05) is 11.6 Å². The van der Waals surface area contributed by atoms with E-state index in [9.17, 15) is 34.8 Å². The van der Waals surface area contributed by atoms with Crippen molar-refractivity contribution < 1.29 is 34.8 Å². The van der Waals surface area contributed by atoms with Gasteiger partial charge in [-0.05, 0) is 71.3 Å². The van der Waals surface area contributed by atoms with Crippen LogP contribution in [0.5, 0.6) is 5.75 Å². The van der Waals surface area contributed by atoms with E-state index >= 15 is 0 Å². The molecule has 3 aliphatic rings. The molecule has 2 fully saturated rings. The van der Waals surface area contributed by atoms with E-state index in [4.69, 9.17) is 5.73 Å². The molecule has 1 aromatic heterocycles. The topological polar surface area (TPSA) is 171 Å². The fourth-order valence-electron chi connectivity index (χ4n) is 8.81. The first-order valence-corrected chi connectivity index (χ1v) is 14.8. The largest absolute Gasteiger partial charge is 0.506 e. The number of aromatic hydroxyl groups is 1. The summed E-state index contributed by atoms with van der Waals surface area (Å²) in [5.41, 5.74) is 2.81. The van der Waals surface area contributed by atoms with E-state index in [0.29, 0.717) is 11.3 Å². The number of Topliss-reactive ketones (excluding diaryl/α,β-unsaturated/α-hetero) is 2. The number of phenolic OH excluding ortho intramolecular Hbond substituents is 1. The highest BCUT2D eigenvalue weighted by atomic mass is 16.4. The first-order valence-electron chi connectivity index (χ1n) is 14.8. The van der Waals surface area contributed by atoms with Crippen molar-refractivity contribution in [2.24, 2.45) is 40.2 Å². The number of nitrogens with two attached hydrogens (primary N) is 1. The molecule has 1 amide bonds. The molecule has 2 saturated carbocycles. The van der Waals surface area contributed by atoms with Crippen molar-refractivity contribution in [3.05, 3.63) is 58.4 Å². The molecule has 5 rings (SSSR count). The first kappa shape index (κ1) is 30.9. The molecule has 0 saturated heterocycles. The summed E-state index contributed by atoms with van der Waals surface area (Å²) in [7, 11) is 0. The van der Waals surface area contributed by atoms with Crippen molar-refractivity contribution in [1.29, 1.82) is 0 Å². The van der Waals surface area contributed by atoms with Crippen LogP contribution in [0.15, 0.2) is 30.5 Å². The lowest BCUT2D eigenvalue weighted by molar-refractivity contribution is -0.265. The van der Waals surface area contributed by atoms with E-state index in [-0.39, 0.29) is 41.6 Å². The molecule has 1 heterocycles. The highest BCUT2D eigenvalue weighted by molar-refractivity contribution is 6.09.